The average Bonchev–Trinajstić information content (AvgIpc) is 1.88. The Labute approximate surface area is 59.7 Å². The summed E-state index contributed by atoms with van der Waals surface area (Å²) in [5.41, 5.74) is 3.49. The Bertz CT molecular complexity index is 126. The fourth-order valence-corrected chi connectivity index (χ4v) is 0.674. The van der Waals surface area contributed by atoms with Crippen molar-refractivity contribution in [3.8, 4) is 0 Å². The van der Waals surface area contributed by atoms with E-state index in [4.69, 9.17) is 10.8 Å². The fraction of sp³-hybridized carbons (Fsp3) is 0.833. The number of carboxylic acids is 1. The predicted molar refractivity (Wildman–Crippen MR) is 36.5 cm³/mol. The Morgan fingerprint density at radius 1 is 1.70 bits per heavy atom. The average molecular weight is 147 g/mol. The van der Waals surface area contributed by atoms with E-state index in [1.54, 1.807) is 6.92 Å². The molecule has 4 nitrogen and oxygen atoms in total. The second-order valence-electron chi connectivity index (χ2n) is 2.23. The summed E-state index contributed by atoms with van der Waals surface area (Å²) in [4.78, 5) is 10.3. The maximum Gasteiger partial charge on any atom is 0.335 e. The molecule has 0 saturated heterocycles. The lowest BCUT2D eigenvalue weighted by Gasteiger charge is -2.19. The van der Waals surface area contributed by atoms with Gasteiger partial charge in [-0.3, -0.25) is 0 Å². The fourth-order valence-electron chi connectivity index (χ4n) is 0.674. The van der Waals surface area contributed by atoms with Crippen LogP contribution in [-0.4, -0.2) is 28.3 Å². The van der Waals surface area contributed by atoms with Crippen molar-refractivity contribution in [2.75, 3.05) is 6.54 Å². The molecule has 0 rings (SSSR count). The van der Waals surface area contributed by atoms with Crippen LogP contribution >= 0.6 is 0 Å². The predicted octanol–water partition coefficient (Wildman–Crippen LogP) is -0.439. The summed E-state index contributed by atoms with van der Waals surface area (Å²) in [6.45, 7) is 1.81. The van der Waals surface area contributed by atoms with Crippen LogP contribution in [0.15, 0.2) is 0 Å². The van der Waals surface area contributed by atoms with E-state index in [-0.39, 0.29) is 19.4 Å². The van der Waals surface area contributed by atoms with Crippen LogP contribution in [0.4, 0.5) is 0 Å². The lowest BCUT2D eigenvalue weighted by atomic mass is 9.97. The van der Waals surface area contributed by atoms with Gasteiger partial charge in [-0.25, -0.2) is 4.79 Å². The molecule has 0 radical (unpaired) electrons. The number of hydrogen-bond acceptors (Lipinski definition) is 3. The van der Waals surface area contributed by atoms with E-state index in [1.165, 1.54) is 0 Å². The molecule has 0 aromatic rings. The highest BCUT2D eigenvalue weighted by atomic mass is 16.4. The van der Waals surface area contributed by atoms with E-state index in [9.17, 15) is 9.90 Å². The highest BCUT2D eigenvalue weighted by molar-refractivity contribution is 5.76. The second kappa shape index (κ2) is 3.53. The maximum absolute atomic E-state index is 10.3. The number of hydrogen-bond donors (Lipinski definition) is 3. The third-order valence-corrected chi connectivity index (χ3v) is 1.54. The van der Waals surface area contributed by atoms with Gasteiger partial charge in [0, 0.05) is 0 Å². The first-order valence-electron chi connectivity index (χ1n) is 3.22. The lowest BCUT2D eigenvalue weighted by Crippen LogP contribution is -2.39. The molecule has 0 aromatic heterocycles. The van der Waals surface area contributed by atoms with Gasteiger partial charge in [0.25, 0.3) is 0 Å². The molecule has 0 spiro atoms. The molecule has 0 amide bonds. The van der Waals surface area contributed by atoms with Crippen molar-refractivity contribution in [3.63, 3.8) is 0 Å². The summed E-state index contributed by atoms with van der Waals surface area (Å²) < 4.78 is 0. The second-order valence-corrected chi connectivity index (χ2v) is 2.23. The molecule has 0 aliphatic carbocycles. The molecular weight excluding hydrogens is 134 g/mol. The van der Waals surface area contributed by atoms with Crippen LogP contribution in [0.25, 0.3) is 0 Å². The molecule has 60 valence electrons. The highest BCUT2D eigenvalue weighted by Crippen LogP contribution is 2.13. The van der Waals surface area contributed by atoms with Crippen LogP contribution in [0.3, 0.4) is 0 Å². The zero-order valence-electron chi connectivity index (χ0n) is 6.00. The lowest BCUT2D eigenvalue weighted by molar-refractivity contribution is -0.159. The maximum atomic E-state index is 10.3. The number of nitrogens with two attached hydrogens (primary N) is 1. The topological polar surface area (TPSA) is 83.5 Å². The third-order valence-electron chi connectivity index (χ3n) is 1.54. The number of rotatable bonds is 4. The van der Waals surface area contributed by atoms with Gasteiger partial charge >= 0.3 is 5.97 Å². The minimum atomic E-state index is -1.62. The molecule has 0 aliphatic heterocycles. The zero-order chi connectivity index (χ0) is 8.20. The Morgan fingerprint density at radius 3 is 2.30 bits per heavy atom. The van der Waals surface area contributed by atoms with Gasteiger partial charge < -0.3 is 15.9 Å². The largest absolute Gasteiger partial charge is 0.479 e. The first-order chi connectivity index (χ1) is 4.56. The Morgan fingerprint density at radius 2 is 2.20 bits per heavy atom. The van der Waals surface area contributed by atoms with Crippen molar-refractivity contribution in [2.24, 2.45) is 5.73 Å². The van der Waals surface area contributed by atoms with E-state index < -0.39 is 11.6 Å². The monoisotopic (exact) mass is 147 g/mol. The van der Waals surface area contributed by atoms with E-state index in [2.05, 4.69) is 0 Å². The molecule has 0 aliphatic rings. The molecule has 0 aromatic carbocycles. The Hall–Kier alpha value is -0.610. The van der Waals surface area contributed by atoms with Gasteiger partial charge in [-0.2, -0.15) is 0 Å². The minimum absolute atomic E-state index is 0.110. The first kappa shape index (κ1) is 9.39. The summed E-state index contributed by atoms with van der Waals surface area (Å²) in [5, 5.41) is 17.7. The smallest absolute Gasteiger partial charge is 0.335 e. The summed E-state index contributed by atoms with van der Waals surface area (Å²) in [7, 11) is 0. The van der Waals surface area contributed by atoms with E-state index >= 15 is 0 Å². The van der Waals surface area contributed by atoms with Gasteiger partial charge in [0.2, 0.25) is 0 Å². The van der Waals surface area contributed by atoms with Crippen molar-refractivity contribution in [1.82, 2.24) is 0 Å². The number of carboxylic acid groups (broad SMARTS) is 1. The Kier molecular flexibility index (Phi) is 3.32. The molecule has 1 atom stereocenters. The number of aliphatic hydroxyl groups is 1. The number of aliphatic carboxylic acids is 1. The highest BCUT2D eigenvalue weighted by Gasteiger charge is 2.32. The van der Waals surface area contributed by atoms with Crippen molar-refractivity contribution in [3.05, 3.63) is 0 Å². The van der Waals surface area contributed by atoms with Crippen molar-refractivity contribution >= 4 is 5.97 Å². The summed E-state index contributed by atoms with van der Waals surface area (Å²) in [6, 6.07) is 0. The van der Waals surface area contributed by atoms with Crippen LogP contribution in [0.2, 0.25) is 0 Å². The Balaban J connectivity index is 4.08. The van der Waals surface area contributed by atoms with Crippen molar-refractivity contribution in [2.45, 2.75) is 25.4 Å². The van der Waals surface area contributed by atoms with E-state index in [0.717, 1.165) is 0 Å². The SMILES string of the molecule is CCC(O)(CCN)C(=O)O. The molecule has 0 saturated carbocycles. The van der Waals surface area contributed by atoms with Crippen molar-refractivity contribution < 1.29 is 15.0 Å². The van der Waals surface area contributed by atoms with Crippen LogP contribution in [0.1, 0.15) is 19.8 Å². The van der Waals surface area contributed by atoms with Crippen LogP contribution < -0.4 is 5.73 Å². The van der Waals surface area contributed by atoms with Gasteiger partial charge in [-0.05, 0) is 19.4 Å². The van der Waals surface area contributed by atoms with Gasteiger partial charge in [0.05, 0.1) is 0 Å². The normalized spacial score (nSPS) is 16.3. The summed E-state index contributed by atoms with van der Waals surface area (Å²) in [6.07, 6.45) is 0.304. The first-order valence-corrected chi connectivity index (χ1v) is 3.22. The zero-order valence-corrected chi connectivity index (χ0v) is 6.00. The molecule has 0 bridgehead atoms. The van der Waals surface area contributed by atoms with E-state index in [0.29, 0.717) is 0 Å². The van der Waals surface area contributed by atoms with Gasteiger partial charge in [-0.1, -0.05) is 6.92 Å². The molecule has 1 unspecified atom stereocenters. The molecule has 0 fully saturated rings. The summed E-state index contributed by atoms with van der Waals surface area (Å²) in [5.74, 6) is -1.19. The van der Waals surface area contributed by atoms with Crippen LogP contribution in [-0.2, 0) is 4.79 Å². The van der Waals surface area contributed by atoms with E-state index in [1.807, 2.05) is 0 Å². The van der Waals surface area contributed by atoms with Crippen molar-refractivity contribution in [1.29, 1.82) is 0 Å². The quantitative estimate of drug-likeness (QED) is 0.503. The minimum Gasteiger partial charge on any atom is -0.479 e. The van der Waals surface area contributed by atoms with Gasteiger partial charge in [0.1, 0.15) is 0 Å². The molecule has 4 N–H and O–H groups in total. The van der Waals surface area contributed by atoms with Crippen LogP contribution in [0, 0.1) is 0 Å². The molecular formula is C6H13NO3. The third kappa shape index (κ3) is 1.97. The molecule has 4 heteroatoms. The standard InChI is InChI=1S/C6H13NO3/c1-2-6(10,3-4-7)5(8)9/h10H,2-4,7H2,1H3,(H,8,9). The molecule has 0 heterocycles. The summed E-state index contributed by atoms with van der Waals surface area (Å²) >= 11 is 0. The molecule has 10 heavy (non-hydrogen) atoms. The van der Waals surface area contributed by atoms with Crippen LogP contribution in [0.5, 0.6) is 0 Å². The van der Waals surface area contributed by atoms with Gasteiger partial charge in [-0.15, -0.1) is 0 Å². The number of carbonyl (C=O) groups is 1. The van der Waals surface area contributed by atoms with Gasteiger partial charge in [0.15, 0.2) is 5.60 Å².